The van der Waals surface area contributed by atoms with Crippen LogP contribution in [0.4, 0.5) is 5.13 Å². The van der Waals surface area contributed by atoms with Crippen molar-refractivity contribution in [1.29, 1.82) is 0 Å². The second kappa shape index (κ2) is 6.44. The van der Waals surface area contributed by atoms with Gasteiger partial charge in [0.05, 0.1) is 11.7 Å². The molecule has 1 aromatic rings. The van der Waals surface area contributed by atoms with E-state index in [1.807, 2.05) is 11.3 Å². The third-order valence-corrected chi connectivity index (χ3v) is 6.18. The molecule has 2 heterocycles. The fraction of sp³-hybridized carbons (Fsp3) is 0.812. The lowest BCUT2D eigenvalue weighted by Crippen LogP contribution is -2.24. The minimum atomic E-state index is 0.485. The number of nitrogens with one attached hydrogen (secondary N) is 1. The van der Waals surface area contributed by atoms with Gasteiger partial charge < -0.3 is 10.2 Å². The predicted octanol–water partition coefficient (Wildman–Crippen LogP) is 3.76. The van der Waals surface area contributed by atoms with Crippen molar-refractivity contribution in [3.63, 3.8) is 0 Å². The first-order valence-electron chi connectivity index (χ1n) is 8.23. The summed E-state index contributed by atoms with van der Waals surface area (Å²) >= 11 is 1.95. The van der Waals surface area contributed by atoms with Crippen LogP contribution in [0, 0.1) is 5.92 Å². The minimum absolute atomic E-state index is 0.485. The zero-order valence-electron chi connectivity index (χ0n) is 12.8. The number of rotatable bonds is 3. The summed E-state index contributed by atoms with van der Waals surface area (Å²) in [6.07, 6.45) is 9.19. The van der Waals surface area contributed by atoms with Gasteiger partial charge in [0.25, 0.3) is 0 Å². The Labute approximate surface area is 126 Å². The number of aromatic nitrogens is 1. The molecule has 0 bridgehead atoms. The Balaban J connectivity index is 1.76. The Kier molecular flexibility index (Phi) is 4.61. The van der Waals surface area contributed by atoms with Crippen LogP contribution in [0.5, 0.6) is 0 Å². The Bertz CT molecular complexity index is 443. The van der Waals surface area contributed by atoms with Crippen LogP contribution >= 0.6 is 11.3 Å². The van der Waals surface area contributed by atoms with Crippen LogP contribution in [0.15, 0.2) is 0 Å². The van der Waals surface area contributed by atoms with Crippen LogP contribution < -0.4 is 10.2 Å². The Morgan fingerprint density at radius 3 is 2.95 bits per heavy atom. The van der Waals surface area contributed by atoms with Gasteiger partial charge in [0.1, 0.15) is 0 Å². The number of aryl methyl sites for hydroxylation is 1. The maximum absolute atomic E-state index is 5.00. The first kappa shape index (κ1) is 14.3. The molecule has 3 rings (SSSR count). The summed E-state index contributed by atoms with van der Waals surface area (Å²) in [4.78, 5) is 9.08. The highest BCUT2D eigenvalue weighted by Crippen LogP contribution is 2.37. The Morgan fingerprint density at radius 2 is 2.15 bits per heavy atom. The van der Waals surface area contributed by atoms with Crippen LogP contribution in [0.2, 0.25) is 0 Å². The SMILES string of the molecule is CCC1CCCN(c2nc3c(s2)CCCC3NC)CC1. The zero-order valence-corrected chi connectivity index (χ0v) is 13.6. The summed E-state index contributed by atoms with van der Waals surface area (Å²) in [6, 6.07) is 0.485. The van der Waals surface area contributed by atoms with Gasteiger partial charge in [0.2, 0.25) is 0 Å². The first-order valence-corrected chi connectivity index (χ1v) is 9.05. The van der Waals surface area contributed by atoms with Crippen molar-refractivity contribution in [2.75, 3.05) is 25.0 Å². The molecule has 0 spiro atoms. The topological polar surface area (TPSA) is 28.2 Å². The van der Waals surface area contributed by atoms with E-state index in [2.05, 4.69) is 24.2 Å². The van der Waals surface area contributed by atoms with Crippen LogP contribution in [0.3, 0.4) is 0 Å². The van der Waals surface area contributed by atoms with Gasteiger partial charge in [-0.2, -0.15) is 0 Å². The molecule has 1 aliphatic carbocycles. The maximum atomic E-state index is 5.00. The lowest BCUT2D eigenvalue weighted by atomic mass is 9.98. The first-order chi connectivity index (χ1) is 9.81. The van der Waals surface area contributed by atoms with Crippen molar-refractivity contribution in [3.05, 3.63) is 10.6 Å². The molecule has 1 fully saturated rings. The van der Waals surface area contributed by atoms with Crippen molar-refractivity contribution < 1.29 is 0 Å². The van der Waals surface area contributed by atoms with Crippen LogP contribution in [-0.2, 0) is 6.42 Å². The number of nitrogens with zero attached hydrogens (tertiary/aromatic N) is 2. The number of hydrogen-bond donors (Lipinski definition) is 1. The summed E-state index contributed by atoms with van der Waals surface area (Å²) in [5.41, 5.74) is 1.34. The van der Waals surface area contributed by atoms with Crippen molar-refractivity contribution >= 4 is 16.5 Å². The maximum Gasteiger partial charge on any atom is 0.185 e. The highest BCUT2D eigenvalue weighted by molar-refractivity contribution is 7.15. The molecule has 2 aliphatic rings. The third kappa shape index (κ3) is 2.86. The van der Waals surface area contributed by atoms with Crippen molar-refractivity contribution in [2.24, 2.45) is 5.92 Å². The highest BCUT2D eigenvalue weighted by Gasteiger charge is 2.26. The number of thiazole rings is 1. The fourth-order valence-corrected chi connectivity index (χ4v) is 4.80. The van der Waals surface area contributed by atoms with Gasteiger partial charge in [-0.25, -0.2) is 4.98 Å². The van der Waals surface area contributed by atoms with E-state index in [4.69, 9.17) is 4.98 Å². The normalized spacial score (nSPS) is 27.2. The fourth-order valence-electron chi connectivity index (χ4n) is 3.59. The molecular weight excluding hydrogens is 266 g/mol. The van der Waals surface area contributed by atoms with Crippen molar-refractivity contribution in [3.8, 4) is 0 Å². The van der Waals surface area contributed by atoms with Gasteiger partial charge in [-0.1, -0.05) is 13.3 Å². The van der Waals surface area contributed by atoms with Crippen LogP contribution in [-0.4, -0.2) is 25.1 Å². The Hall–Kier alpha value is -0.610. The van der Waals surface area contributed by atoms with Crippen LogP contribution in [0.1, 0.15) is 62.1 Å². The van der Waals surface area contributed by atoms with Gasteiger partial charge in [-0.3, -0.25) is 0 Å². The minimum Gasteiger partial charge on any atom is -0.348 e. The van der Waals surface area contributed by atoms with E-state index in [9.17, 15) is 0 Å². The average molecular weight is 293 g/mol. The van der Waals surface area contributed by atoms with E-state index < -0.39 is 0 Å². The lowest BCUT2D eigenvalue weighted by molar-refractivity contribution is 0.459. The second-order valence-electron chi connectivity index (χ2n) is 6.23. The molecule has 1 aliphatic heterocycles. The van der Waals surface area contributed by atoms with Crippen molar-refractivity contribution in [2.45, 2.75) is 57.9 Å². The van der Waals surface area contributed by atoms with Crippen LogP contribution in [0.25, 0.3) is 0 Å². The van der Waals surface area contributed by atoms with Gasteiger partial charge in [-0.15, -0.1) is 11.3 Å². The standard InChI is InChI=1S/C16H27N3S/c1-3-12-6-5-10-19(11-9-12)16-18-15-13(17-2)7-4-8-14(15)20-16/h12-13,17H,3-11H2,1-2H3. The highest BCUT2D eigenvalue weighted by atomic mass is 32.1. The van der Waals surface area contributed by atoms with E-state index in [0.717, 1.165) is 5.92 Å². The van der Waals surface area contributed by atoms with E-state index in [0.29, 0.717) is 6.04 Å². The molecule has 4 heteroatoms. The van der Waals surface area contributed by atoms with E-state index in [1.54, 1.807) is 0 Å². The molecule has 0 aromatic carbocycles. The monoisotopic (exact) mass is 293 g/mol. The summed E-state index contributed by atoms with van der Waals surface area (Å²) in [7, 11) is 2.07. The molecule has 2 unspecified atom stereocenters. The van der Waals surface area contributed by atoms with Gasteiger partial charge >= 0.3 is 0 Å². The number of fused-ring (bicyclic) bond motifs is 1. The number of hydrogen-bond acceptors (Lipinski definition) is 4. The van der Waals surface area contributed by atoms with E-state index in [1.165, 1.54) is 73.7 Å². The molecule has 1 aromatic heterocycles. The summed E-state index contributed by atoms with van der Waals surface area (Å²) in [5, 5.41) is 4.72. The van der Waals surface area contributed by atoms with E-state index >= 15 is 0 Å². The average Bonchev–Trinajstić information content (AvgIpc) is 2.77. The Morgan fingerprint density at radius 1 is 1.25 bits per heavy atom. The summed E-state index contributed by atoms with van der Waals surface area (Å²) in [5.74, 6) is 0.930. The summed E-state index contributed by atoms with van der Waals surface area (Å²) < 4.78 is 0. The quantitative estimate of drug-likeness (QED) is 0.920. The molecule has 0 amide bonds. The number of anilines is 1. The lowest BCUT2D eigenvalue weighted by Gasteiger charge is -2.20. The molecule has 0 saturated carbocycles. The molecule has 20 heavy (non-hydrogen) atoms. The molecule has 2 atom stereocenters. The van der Waals surface area contributed by atoms with Gasteiger partial charge in [-0.05, 0) is 51.5 Å². The molecule has 1 saturated heterocycles. The molecule has 0 radical (unpaired) electrons. The smallest absolute Gasteiger partial charge is 0.185 e. The largest absolute Gasteiger partial charge is 0.348 e. The summed E-state index contributed by atoms with van der Waals surface area (Å²) in [6.45, 7) is 4.74. The second-order valence-corrected chi connectivity index (χ2v) is 7.29. The zero-order chi connectivity index (χ0) is 13.9. The van der Waals surface area contributed by atoms with Gasteiger partial charge in [0, 0.05) is 18.0 Å². The molecule has 1 N–H and O–H groups in total. The molecular formula is C16H27N3S. The third-order valence-electron chi connectivity index (χ3n) is 4.99. The molecule has 112 valence electrons. The van der Waals surface area contributed by atoms with Gasteiger partial charge in [0.15, 0.2) is 5.13 Å². The predicted molar refractivity (Wildman–Crippen MR) is 86.7 cm³/mol. The molecule has 3 nitrogen and oxygen atoms in total. The van der Waals surface area contributed by atoms with Crippen molar-refractivity contribution in [1.82, 2.24) is 10.3 Å². The van der Waals surface area contributed by atoms with E-state index in [-0.39, 0.29) is 0 Å².